The lowest BCUT2D eigenvalue weighted by Gasteiger charge is -2.33. The molecule has 0 aliphatic carbocycles. The van der Waals surface area contributed by atoms with E-state index in [1.807, 2.05) is 18.2 Å². The van der Waals surface area contributed by atoms with E-state index in [9.17, 15) is 0 Å². The summed E-state index contributed by atoms with van der Waals surface area (Å²) in [5, 5.41) is 4.07. The first-order valence-electron chi connectivity index (χ1n) is 8.84. The van der Waals surface area contributed by atoms with Crippen LogP contribution in [-0.4, -0.2) is 18.9 Å². The van der Waals surface area contributed by atoms with E-state index in [0.29, 0.717) is 5.02 Å². The number of anilines is 1. The average Bonchev–Trinajstić information content (AvgIpc) is 2.62. The maximum Gasteiger partial charge on any atom is 0.126 e. The Bertz CT molecular complexity index is 869. The summed E-state index contributed by atoms with van der Waals surface area (Å²) in [6, 6.07) is 12.6. The summed E-state index contributed by atoms with van der Waals surface area (Å²) >= 11 is 6.09. The second-order valence-electron chi connectivity index (χ2n) is 6.67. The number of hydrogen-bond donors (Lipinski definition) is 1. The van der Waals surface area contributed by atoms with Gasteiger partial charge < -0.3 is 10.2 Å². The van der Waals surface area contributed by atoms with Gasteiger partial charge in [-0.25, -0.2) is 4.99 Å². The molecule has 0 aromatic heterocycles. The Hall–Kier alpha value is -2.26. The van der Waals surface area contributed by atoms with Crippen molar-refractivity contribution in [2.45, 2.75) is 26.2 Å². The highest BCUT2D eigenvalue weighted by Gasteiger charge is 2.21. The Morgan fingerprint density at radius 1 is 1.24 bits per heavy atom. The first kappa shape index (κ1) is 16.2. The van der Waals surface area contributed by atoms with Gasteiger partial charge in [0.1, 0.15) is 5.84 Å². The molecule has 0 atom stereocenters. The smallest absolute Gasteiger partial charge is 0.126 e. The average molecular weight is 352 g/mol. The molecule has 4 rings (SSSR count). The van der Waals surface area contributed by atoms with Gasteiger partial charge in [0, 0.05) is 28.5 Å². The minimum absolute atomic E-state index is 0.706. The summed E-state index contributed by atoms with van der Waals surface area (Å²) in [6.45, 7) is 8.17. The van der Waals surface area contributed by atoms with Gasteiger partial charge >= 0.3 is 0 Å². The molecule has 2 aromatic carbocycles. The van der Waals surface area contributed by atoms with Crippen molar-refractivity contribution >= 4 is 34.5 Å². The number of nitrogens with one attached hydrogen (secondary N) is 1. The van der Waals surface area contributed by atoms with Crippen LogP contribution in [0.1, 0.15) is 30.0 Å². The Balaban J connectivity index is 1.64. The fraction of sp³-hybridized carbons (Fsp3) is 0.286. The third-order valence-electron chi connectivity index (χ3n) is 4.95. The SMILES string of the molecule is C=C1NC(CN2CCCc3ccc(CC)cc32)=Nc2ccc(Cl)cc21. The molecule has 4 heteroatoms. The summed E-state index contributed by atoms with van der Waals surface area (Å²) in [5.74, 6) is 0.939. The Morgan fingerprint density at radius 3 is 2.96 bits per heavy atom. The highest BCUT2D eigenvalue weighted by Crippen LogP contribution is 2.32. The Labute approximate surface area is 154 Å². The van der Waals surface area contributed by atoms with Gasteiger partial charge in [-0.05, 0) is 54.7 Å². The second-order valence-corrected chi connectivity index (χ2v) is 7.10. The van der Waals surface area contributed by atoms with E-state index in [1.54, 1.807) is 0 Å². The molecule has 1 N–H and O–H groups in total. The fourth-order valence-corrected chi connectivity index (χ4v) is 3.77. The molecule has 0 saturated carbocycles. The number of benzene rings is 2. The number of amidine groups is 1. The van der Waals surface area contributed by atoms with E-state index in [2.05, 4.69) is 41.9 Å². The lowest BCUT2D eigenvalue weighted by atomic mass is 9.98. The highest BCUT2D eigenvalue weighted by molar-refractivity contribution is 6.31. The summed E-state index contributed by atoms with van der Waals surface area (Å²) in [5.41, 5.74) is 6.94. The molecule has 128 valence electrons. The minimum Gasteiger partial charge on any atom is -0.364 e. The van der Waals surface area contributed by atoms with Gasteiger partial charge in [-0.1, -0.05) is 37.2 Å². The highest BCUT2D eigenvalue weighted by atomic mass is 35.5. The lowest BCUT2D eigenvalue weighted by molar-refractivity contribution is 0.724. The lowest BCUT2D eigenvalue weighted by Crippen LogP contribution is -2.40. The van der Waals surface area contributed by atoms with Crippen LogP contribution in [0.15, 0.2) is 48.0 Å². The van der Waals surface area contributed by atoms with Gasteiger partial charge in [-0.15, -0.1) is 0 Å². The monoisotopic (exact) mass is 351 g/mol. The van der Waals surface area contributed by atoms with Crippen LogP contribution in [0, 0.1) is 0 Å². The molecule has 0 saturated heterocycles. The van der Waals surface area contributed by atoms with E-state index in [-0.39, 0.29) is 0 Å². The van der Waals surface area contributed by atoms with E-state index in [0.717, 1.165) is 48.7 Å². The van der Waals surface area contributed by atoms with Gasteiger partial charge in [-0.2, -0.15) is 0 Å². The van der Waals surface area contributed by atoms with E-state index < -0.39 is 0 Å². The normalized spacial score (nSPS) is 16.0. The second kappa shape index (κ2) is 6.57. The van der Waals surface area contributed by atoms with Crippen LogP contribution >= 0.6 is 11.6 Å². The van der Waals surface area contributed by atoms with Gasteiger partial charge in [0.15, 0.2) is 0 Å². The first-order chi connectivity index (χ1) is 12.1. The first-order valence-corrected chi connectivity index (χ1v) is 9.22. The summed E-state index contributed by atoms with van der Waals surface area (Å²) in [4.78, 5) is 7.22. The number of fused-ring (bicyclic) bond motifs is 2. The zero-order valence-electron chi connectivity index (χ0n) is 14.5. The van der Waals surface area contributed by atoms with E-state index in [4.69, 9.17) is 16.6 Å². The molecular formula is C21H22ClN3. The van der Waals surface area contributed by atoms with Crippen LogP contribution in [0.2, 0.25) is 5.02 Å². The molecule has 0 radical (unpaired) electrons. The quantitative estimate of drug-likeness (QED) is 0.846. The van der Waals surface area contributed by atoms with Gasteiger partial charge in [0.2, 0.25) is 0 Å². The standard InChI is InChI=1S/C21H22ClN3/c1-3-15-6-7-16-5-4-10-25(20(16)11-15)13-21-23-14(2)18-12-17(22)8-9-19(18)24-21/h6-9,11-12H,2-5,10,13H2,1H3,(H,23,24). The number of rotatable bonds is 3. The Morgan fingerprint density at radius 2 is 2.12 bits per heavy atom. The number of aliphatic imine (C=N–C) groups is 1. The van der Waals surface area contributed by atoms with Crippen LogP contribution in [0.25, 0.3) is 5.70 Å². The van der Waals surface area contributed by atoms with Crippen molar-refractivity contribution in [2.24, 2.45) is 4.99 Å². The molecule has 2 aliphatic heterocycles. The number of hydrogen-bond acceptors (Lipinski definition) is 3. The van der Waals surface area contributed by atoms with Crippen LogP contribution in [0.4, 0.5) is 11.4 Å². The molecule has 0 fully saturated rings. The van der Waals surface area contributed by atoms with Crippen molar-refractivity contribution in [3.63, 3.8) is 0 Å². The molecule has 0 amide bonds. The molecule has 2 aliphatic rings. The van der Waals surface area contributed by atoms with Crippen LogP contribution in [-0.2, 0) is 12.8 Å². The fourth-order valence-electron chi connectivity index (χ4n) is 3.60. The van der Waals surface area contributed by atoms with Crippen molar-refractivity contribution in [1.82, 2.24) is 5.32 Å². The molecule has 0 spiro atoms. The van der Waals surface area contributed by atoms with Gasteiger partial charge in [-0.3, -0.25) is 0 Å². The van der Waals surface area contributed by atoms with Crippen LogP contribution < -0.4 is 10.2 Å². The van der Waals surface area contributed by atoms with Crippen molar-refractivity contribution in [3.05, 3.63) is 64.7 Å². The molecular weight excluding hydrogens is 330 g/mol. The van der Waals surface area contributed by atoms with Crippen molar-refractivity contribution < 1.29 is 0 Å². The molecule has 0 bridgehead atoms. The van der Waals surface area contributed by atoms with Crippen molar-refractivity contribution in [3.8, 4) is 0 Å². The summed E-state index contributed by atoms with van der Waals surface area (Å²) in [6.07, 6.45) is 3.40. The third-order valence-corrected chi connectivity index (χ3v) is 5.18. The van der Waals surface area contributed by atoms with Crippen LogP contribution in [0.3, 0.4) is 0 Å². The molecule has 2 aromatic rings. The van der Waals surface area contributed by atoms with Crippen molar-refractivity contribution in [2.75, 3.05) is 18.0 Å². The van der Waals surface area contributed by atoms with E-state index in [1.165, 1.54) is 23.2 Å². The Kier molecular flexibility index (Phi) is 4.26. The molecule has 3 nitrogen and oxygen atoms in total. The maximum atomic E-state index is 6.09. The third kappa shape index (κ3) is 3.16. The molecule has 2 heterocycles. The van der Waals surface area contributed by atoms with Gasteiger partial charge in [0.05, 0.1) is 12.2 Å². The zero-order chi connectivity index (χ0) is 17.4. The number of aryl methyl sites for hydroxylation is 2. The largest absolute Gasteiger partial charge is 0.364 e. The van der Waals surface area contributed by atoms with E-state index >= 15 is 0 Å². The van der Waals surface area contributed by atoms with Crippen molar-refractivity contribution in [1.29, 1.82) is 0 Å². The summed E-state index contributed by atoms with van der Waals surface area (Å²) < 4.78 is 0. The number of halogens is 1. The van der Waals surface area contributed by atoms with Crippen LogP contribution in [0.5, 0.6) is 0 Å². The minimum atomic E-state index is 0.706. The predicted molar refractivity (Wildman–Crippen MR) is 107 cm³/mol. The molecule has 0 unspecified atom stereocenters. The zero-order valence-corrected chi connectivity index (χ0v) is 15.2. The van der Waals surface area contributed by atoms with Gasteiger partial charge in [0.25, 0.3) is 0 Å². The maximum absolute atomic E-state index is 6.09. The summed E-state index contributed by atoms with van der Waals surface area (Å²) in [7, 11) is 0. The number of nitrogens with zero attached hydrogens (tertiary/aromatic N) is 2. The topological polar surface area (TPSA) is 27.6 Å². The predicted octanol–water partition coefficient (Wildman–Crippen LogP) is 4.96. The molecule has 25 heavy (non-hydrogen) atoms.